The van der Waals surface area contributed by atoms with Crippen molar-refractivity contribution in [1.82, 2.24) is 9.55 Å². The monoisotopic (exact) mass is 269 g/mol. The van der Waals surface area contributed by atoms with Gasteiger partial charge in [-0.05, 0) is 13.0 Å². The summed E-state index contributed by atoms with van der Waals surface area (Å²) in [7, 11) is 0. The van der Waals surface area contributed by atoms with E-state index in [1.54, 1.807) is 0 Å². The third kappa shape index (κ3) is 2.14. The van der Waals surface area contributed by atoms with E-state index in [2.05, 4.69) is 4.98 Å². The topological polar surface area (TPSA) is 128 Å². The van der Waals surface area contributed by atoms with Gasteiger partial charge in [0.1, 0.15) is 17.7 Å². The first kappa shape index (κ1) is 13.7. The number of aromatic nitrogens is 2. The average Bonchev–Trinajstić information content (AvgIpc) is 2.60. The second-order valence-corrected chi connectivity index (χ2v) is 4.64. The van der Waals surface area contributed by atoms with Crippen LogP contribution in [0.3, 0.4) is 0 Å². The minimum Gasteiger partial charge on any atom is -0.394 e. The Morgan fingerprint density at radius 3 is 2.84 bits per heavy atom. The smallest absolute Gasteiger partial charge is 0.351 e. The zero-order valence-corrected chi connectivity index (χ0v) is 10.3. The number of rotatable bonds is 3. The Morgan fingerprint density at radius 1 is 1.68 bits per heavy atom. The van der Waals surface area contributed by atoms with E-state index < -0.39 is 36.1 Å². The molecule has 8 nitrogen and oxygen atoms in total. The summed E-state index contributed by atoms with van der Waals surface area (Å²) in [5.74, 6) is -0.892. The van der Waals surface area contributed by atoms with Gasteiger partial charge in [0, 0.05) is 6.20 Å². The van der Waals surface area contributed by atoms with Crippen molar-refractivity contribution in [2.24, 2.45) is 5.92 Å². The molecule has 2 rings (SSSR count). The summed E-state index contributed by atoms with van der Waals surface area (Å²) in [4.78, 5) is 26.3. The van der Waals surface area contributed by atoms with Gasteiger partial charge in [-0.2, -0.15) is 4.98 Å². The van der Waals surface area contributed by atoms with Crippen LogP contribution in [0.15, 0.2) is 17.1 Å². The van der Waals surface area contributed by atoms with Crippen molar-refractivity contribution in [3.63, 3.8) is 0 Å². The van der Waals surface area contributed by atoms with Gasteiger partial charge >= 0.3 is 5.69 Å². The van der Waals surface area contributed by atoms with Crippen LogP contribution in [0.2, 0.25) is 0 Å². The fourth-order valence-corrected chi connectivity index (χ4v) is 2.26. The van der Waals surface area contributed by atoms with Crippen LogP contribution in [0.4, 0.5) is 5.82 Å². The molecule has 1 aromatic rings. The zero-order chi connectivity index (χ0) is 14.2. The Morgan fingerprint density at radius 2 is 2.37 bits per heavy atom. The summed E-state index contributed by atoms with van der Waals surface area (Å²) in [6, 6.07) is 1.38. The highest BCUT2D eigenvalue weighted by atomic mass is 16.5. The number of aliphatic hydroxyl groups excluding tert-OH is 1. The standard InChI is InChI=1S/C11H15N3O5/c1-11(18)6(4-15)7(5-16)19-9(11)14-3-2-8(12)13-10(14)17/h2-4,6-7,9,16,18H,5H2,1H3,(H2,12,13,17)/t6-,7?,9?,11?/m1/s1. The number of nitrogen functional groups attached to an aromatic ring is 1. The van der Waals surface area contributed by atoms with E-state index in [0.717, 1.165) is 4.57 Å². The number of anilines is 1. The number of aldehydes is 1. The maximum Gasteiger partial charge on any atom is 0.351 e. The molecule has 19 heavy (non-hydrogen) atoms. The van der Waals surface area contributed by atoms with E-state index in [1.807, 2.05) is 0 Å². The van der Waals surface area contributed by atoms with Crippen molar-refractivity contribution >= 4 is 12.1 Å². The van der Waals surface area contributed by atoms with Crippen LogP contribution in [0, 0.1) is 5.92 Å². The molecule has 1 saturated heterocycles. The molecular formula is C11H15N3O5. The van der Waals surface area contributed by atoms with Crippen LogP contribution < -0.4 is 11.4 Å². The molecule has 0 aromatic carbocycles. The second kappa shape index (κ2) is 4.72. The van der Waals surface area contributed by atoms with Gasteiger partial charge in [0.25, 0.3) is 0 Å². The van der Waals surface area contributed by atoms with E-state index in [4.69, 9.17) is 15.6 Å². The summed E-state index contributed by atoms with van der Waals surface area (Å²) in [5.41, 5.74) is 3.05. The molecule has 0 amide bonds. The van der Waals surface area contributed by atoms with Gasteiger partial charge in [-0.15, -0.1) is 0 Å². The highest BCUT2D eigenvalue weighted by Crippen LogP contribution is 2.40. The van der Waals surface area contributed by atoms with Crippen LogP contribution in [0.1, 0.15) is 13.2 Å². The fourth-order valence-electron chi connectivity index (χ4n) is 2.26. The number of carbonyl (C=O) groups excluding carboxylic acids is 1. The Kier molecular flexibility index (Phi) is 3.40. The van der Waals surface area contributed by atoms with E-state index in [-0.39, 0.29) is 5.82 Å². The summed E-state index contributed by atoms with van der Waals surface area (Å²) in [5, 5.41) is 19.5. The third-order valence-corrected chi connectivity index (χ3v) is 3.31. The van der Waals surface area contributed by atoms with E-state index in [0.29, 0.717) is 6.29 Å². The van der Waals surface area contributed by atoms with Crippen molar-refractivity contribution in [3.8, 4) is 0 Å². The number of hydrogen-bond donors (Lipinski definition) is 3. The molecule has 1 fully saturated rings. The van der Waals surface area contributed by atoms with Crippen molar-refractivity contribution in [2.75, 3.05) is 12.3 Å². The van der Waals surface area contributed by atoms with Gasteiger partial charge in [-0.25, -0.2) is 4.79 Å². The summed E-state index contributed by atoms with van der Waals surface area (Å²) < 4.78 is 6.43. The summed E-state index contributed by atoms with van der Waals surface area (Å²) >= 11 is 0. The van der Waals surface area contributed by atoms with Gasteiger partial charge in [-0.1, -0.05) is 0 Å². The normalized spacial score (nSPS) is 34.4. The van der Waals surface area contributed by atoms with Gasteiger partial charge in [0.15, 0.2) is 6.23 Å². The lowest BCUT2D eigenvalue weighted by atomic mass is 9.87. The predicted octanol–water partition coefficient (Wildman–Crippen LogP) is -1.72. The molecule has 3 unspecified atom stereocenters. The molecule has 1 aliphatic rings. The number of nitrogens with zero attached hydrogens (tertiary/aromatic N) is 2. The molecule has 2 heterocycles. The molecule has 0 radical (unpaired) electrons. The third-order valence-electron chi connectivity index (χ3n) is 3.31. The lowest BCUT2D eigenvalue weighted by molar-refractivity contribution is -0.120. The first-order chi connectivity index (χ1) is 8.91. The highest BCUT2D eigenvalue weighted by Gasteiger charge is 2.53. The molecule has 1 aromatic heterocycles. The molecule has 0 aliphatic carbocycles. The molecule has 4 N–H and O–H groups in total. The Labute approximate surface area is 108 Å². The average molecular weight is 269 g/mol. The highest BCUT2D eigenvalue weighted by molar-refractivity contribution is 5.57. The van der Waals surface area contributed by atoms with Crippen molar-refractivity contribution < 1.29 is 19.7 Å². The minimum atomic E-state index is -1.63. The summed E-state index contributed by atoms with van der Waals surface area (Å²) in [6.45, 7) is 0.933. The van der Waals surface area contributed by atoms with Crippen LogP contribution in [0.25, 0.3) is 0 Å². The summed E-state index contributed by atoms with van der Waals surface area (Å²) in [6.07, 6.45) is -0.148. The number of carbonyl (C=O) groups is 1. The maximum absolute atomic E-state index is 11.7. The number of aliphatic hydroxyl groups is 2. The van der Waals surface area contributed by atoms with Crippen molar-refractivity contribution in [1.29, 1.82) is 0 Å². The van der Waals surface area contributed by atoms with Crippen LogP contribution in [-0.2, 0) is 9.53 Å². The zero-order valence-electron chi connectivity index (χ0n) is 10.3. The second-order valence-electron chi connectivity index (χ2n) is 4.64. The Bertz CT molecular complexity index is 541. The molecule has 104 valence electrons. The van der Waals surface area contributed by atoms with Gasteiger partial charge in [-0.3, -0.25) is 4.57 Å². The molecule has 0 bridgehead atoms. The van der Waals surface area contributed by atoms with E-state index >= 15 is 0 Å². The SMILES string of the molecule is CC1(O)C(n2ccc(N)nc2=O)OC(CO)[C@H]1C=O. The number of nitrogens with two attached hydrogens (primary N) is 1. The van der Waals surface area contributed by atoms with Gasteiger partial charge < -0.3 is 25.5 Å². The lowest BCUT2D eigenvalue weighted by Crippen LogP contribution is -2.43. The lowest BCUT2D eigenvalue weighted by Gasteiger charge is -2.27. The van der Waals surface area contributed by atoms with Crippen molar-refractivity contribution in [3.05, 3.63) is 22.7 Å². The number of hydrogen-bond acceptors (Lipinski definition) is 7. The molecule has 1 aliphatic heterocycles. The quantitative estimate of drug-likeness (QED) is 0.557. The fraction of sp³-hybridized carbons (Fsp3) is 0.545. The first-order valence-electron chi connectivity index (χ1n) is 5.70. The molecule has 0 spiro atoms. The Balaban J connectivity index is 2.45. The molecule has 8 heteroatoms. The molecule has 4 atom stereocenters. The largest absolute Gasteiger partial charge is 0.394 e. The van der Waals surface area contributed by atoms with Crippen LogP contribution >= 0.6 is 0 Å². The molecular weight excluding hydrogens is 254 g/mol. The molecule has 0 saturated carbocycles. The first-order valence-corrected chi connectivity index (χ1v) is 5.70. The van der Waals surface area contributed by atoms with Crippen LogP contribution in [-0.4, -0.2) is 44.4 Å². The van der Waals surface area contributed by atoms with E-state index in [1.165, 1.54) is 19.2 Å². The number of ether oxygens (including phenoxy) is 1. The minimum absolute atomic E-state index is 0.0459. The van der Waals surface area contributed by atoms with Gasteiger partial charge in [0.2, 0.25) is 0 Å². The maximum atomic E-state index is 11.7. The van der Waals surface area contributed by atoms with E-state index in [9.17, 15) is 14.7 Å². The van der Waals surface area contributed by atoms with Crippen LogP contribution in [0.5, 0.6) is 0 Å². The predicted molar refractivity (Wildman–Crippen MR) is 64.1 cm³/mol. The van der Waals surface area contributed by atoms with Crippen molar-refractivity contribution in [2.45, 2.75) is 24.9 Å². The Hall–Kier alpha value is -1.77. The van der Waals surface area contributed by atoms with Gasteiger partial charge in [0.05, 0.1) is 18.6 Å².